The maximum absolute atomic E-state index is 12.0. The lowest BCUT2D eigenvalue weighted by Gasteiger charge is -2.14. The van der Waals surface area contributed by atoms with Crippen LogP contribution in [0.25, 0.3) is 0 Å². The summed E-state index contributed by atoms with van der Waals surface area (Å²) in [4.78, 5) is 23.7. The van der Waals surface area contributed by atoms with Crippen LogP contribution in [0.3, 0.4) is 0 Å². The number of nitrogens with one attached hydrogen (secondary N) is 1. The largest absolute Gasteiger partial charge is 0.493 e. The van der Waals surface area contributed by atoms with Crippen molar-refractivity contribution >= 4 is 27.8 Å². The molecule has 0 aromatic heterocycles. The summed E-state index contributed by atoms with van der Waals surface area (Å²) in [5.74, 6) is 0.174. The van der Waals surface area contributed by atoms with E-state index in [9.17, 15) is 9.59 Å². The molecule has 0 spiro atoms. The van der Waals surface area contributed by atoms with Crippen molar-refractivity contribution in [2.75, 3.05) is 20.8 Å². The van der Waals surface area contributed by atoms with Crippen molar-refractivity contribution < 1.29 is 23.8 Å². The molecule has 0 fully saturated rings. The summed E-state index contributed by atoms with van der Waals surface area (Å²) in [7, 11) is 3.04. The van der Waals surface area contributed by atoms with Gasteiger partial charge >= 0.3 is 5.97 Å². The zero-order valence-electron chi connectivity index (χ0n) is 13.3. The van der Waals surface area contributed by atoms with Crippen LogP contribution >= 0.6 is 15.9 Å². The molecule has 0 aliphatic carbocycles. The Balaban J connectivity index is 2.74. The first kappa shape index (κ1) is 19.0. The Kier molecular flexibility index (Phi) is 7.61. The minimum Gasteiger partial charge on any atom is -0.493 e. The highest BCUT2D eigenvalue weighted by atomic mass is 79.9. The molecule has 1 atom stereocenters. The highest BCUT2D eigenvalue weighted by molar-refractivity contribution is 9.10. The van der Waals surface area contributed by atoms with Crippen LogP contribution in [0, 0.1) is 0 Å². The first-order valence-electron chi connectivity index (χ1n) is 6.91. The van der Waals surface area contributed by atoms with Gasteiger partial charge in [-0.05, 0) is 24.6 Å². The highest BCUT2D eigenvalue weighted by Gasteiger charge is 2.19. The van der Waals surface area contributed by atoms with Crippen molar-refractivity contribution in [3.63, 3.8) is 0 Å². The zero-order chi connectivity index (χ0) is 17.4. The molecule has 1 rings (SSSR count). The van der Waals surface area contributed by atoms with E-state index < -0.39 is 12.1 Å². The van der Waals surface area contributed by atoms with Gasteiger partial charge in [0.15, 0.2) is 17.6 Å². The van der Waals surface area contributed by atoms with E-state index in [1.165, 1.54) is 21.1 Å². The second-order valence-electron chi connectivity index (χ2n) is 4.64. The molecule has 0 unspecified atom stereocenters. The second-order valence-corrected chi connectivity index (χ2v) is 5.50. The molecule has 1 aromatic rings. The number of ether oxygens (including phenoxy) is 3. The number of esters is 1. The number of amides is 1. The standard InChI is InChI=1S/C16H20BrNO5/c1-5-6-18-16(20)10(2)23-15(19)8-11-7-13(21-3)14(22-4)9-12(11)17/h5,7,9-10H,1,6,8H2,2-4H3,(H,18,20)/t10-/m1/s1. The van der Waals surface area contributed by atoms with Crippen LogP contribution in [0.1, 0.15) is 12.5 Å². The fourth-order valence-corrected chi connectivity index (χ4v) is 2.26. The maximum Gasteiger partial charge on any atom is 0.311 e. The predicted octanol–water partition coefficient (Wildman–Crippen LogP) is 2.24. The molecule has 0 saturated heterocycles. The van der Waals surface area contributed by atoms with E-state index in [1.807, 2.05) is 0 Å². The summed E-state index contributed by atoms with van der Waals surface area (Å²) < 4.78 is 16.2. The summed E-state index contributed by atoms with van der Waals surface area (Å²) in [6.45, 7) is 5.33. The number of carbonyl (C=O) groups is 2. The molecular formula is C16H20BrNO5. The molecule has 0 aliphatic heterocycles. The van der Waals surface area contributed by atoms with E-state index in [0.717, 1.165) is 0 Å². The molecule has 1 N–H and O–H groups in total. The number of hydrogen-bond donors (Lipinski definition) is 1. The highest BCUT2D eigenvalue weighted by Crippen LogP contribution is 2.33. The average molecular weight is 386 g/mol. The molecule has 1 amide bonds. The van der Waals surface area contributed by atoms with E-state index in [-0.39, 0.29) is 12.3 Å². The van der Waals surface area contributed by atoms with Gasteiger partial charge in [-0.3, -0.25) is 9.59 Å². The molecule has 23 heavy (non-hydrogen) atoms. The van der Waals surface area contributed by atoms with Gasteiger partial charge in [-0.2, -0.15) is 0 Å². The number of methoxy groups -OCH3 is 2. The number of hydrogen-bond acceptors (Lipinski definition) is 5. The minimum absolute atomic E-state index is 0.0000158. The molecule has 0 radical (unpaired) electrons. The summed E-state index contributed by atoms with van der Waals surface area (Å²) in [5, 5.41) is 2.57. The molecule has 1 aromatic carbocycles. The monoisotopic (exact) mass is 385 g/mol. The van der Waals surface area contributed by atoms with Crippen LogP contribution in [0.4, 0.5) is 0 Å². The molecular weight excluding hydrogens is 366 g/mol. The summed E-state index contributed by atoms with van der Waals surface area (Å²) >= 11 is 3.38. The topological polar surface area (TPSA) is 73.9 Å². The smallest absolute Gasteiger partial charge is 0.311 e. The van der Waals surface area contributed by atoms with Crippen LogP contribution in [-0.2, 0) is 20.7 Å². The van der Waals surface area contributed by atoms with Crippen LogP contribution in [0.15, 0.2) is 29.3 Å². The van der Waals surface area contributed by atoms with Crippen molar-refractivity contribution in [3.8, 4) is 11.5 Å². The normalized spacial score (nSPS) is 11.3. The Morgan fingerprint density at radius 1 is 1.30 bits per heavy atom. The Bertz CT molecular complexity index is 588. The molecule has 0 heterocycles. The lowest BCUT2D eigenvalue weighted by Crippen LogP contribution is -2.36. The van der Waals surface area contributed by atoms with Crippen LogP contribution < -0.4 is 14.8 Å². The first-order chi connectivity index (χ1) is 10.9. The van der Waals surface area contributed by atoms with E-state index in [2.05, 4.69) is 27.8 Å². The average Bonchev–Trinajstić information content (AvgIpc) is 2.53. The zero-order valence-corrected chi connectivity index (χ0v) is 14.9. The molecule has 0 aliphatic rings. The van der Waals surface area contributed by atoms with E-state index in [4.69, 9.17) is 14.2 Å². The number of benzene rings is 1. The summed E-state index contributed by atoms with van der Waals surface area (Å²) in [6.07, 6.45) is 0.675. The van der Waals surface area contributed by atoms with Gasteiger partial charge in [-0.1, -0.05) is 22.0 Å². The third kappa shape index (κ3) is 5.59. The Morgan fingerprint density at radius 3 is 2.48 bits per heavy atom. The van der Waals surface area contributed by atoms with Crippen molar-refractivity contribution in [1.82, 2.24) is 5.32 Å². The van der Waals surface area contributed by atoms with Gasteiger partial charge in [0.2, 0.25) is 0 Å². The van der Waals surface area contributed by atoms with Crippen molar-refractivity contribution in [2.45, 2.75) is 19.4 Å². The van der Waals surface area contributed by atoms with Gasteiger partial charge in [-0.25, -0.2) is 0 Å². The number of rotatable bonds is 8. The fraction of sp³-hybridized carbons (Fsp3) is 0.375. The summed E-state index contributed by atoms with van der Waals surface area (Å²) in [5.41, 5.74) is 0.673. The number of carbonyl (C=O) groups excluding carboxylic acids is 2. The van der Waals surface area contributed by atoms with E-state index >= 15 is 0 Å². The molecule has 126 valence electrons. The van der Waals surface area contributed by atoms with Crippen LogP contribution in [0.2, 0.25) is 0 Å². The van der Waals surface area contributed by atoms with E-state index in [1.54, 1.807) is 18.2 Å². The van der Waals surface area contributed by atoms with Crippen molar-refractivity contribution in [1.29, 1.82) is 0 Å². The van der Waals surface area contributed by atoms with Crippen LogP contribution in [0.5, 0.6) is 11.5 Å². The molecule has 0 saturated carbocycles. The Hall–Kier alpha value is -2.02. The van der Waals surface area contributed by atoms with Crippen molar-refractivity contribution in [2.24, 2.45) is 0 Å². The maximum atomic E-state index is 12.0. The summed E-state index contributed by atoms with van der Waals surface area (Å²) in [6, 6.07) is 3.40. The SMILES string of the molecule is C=CCNC(=O)[C@@H](C)OC(=O)Cc1cc(OC)c(OC)cc1Br. The number of halogens is 1. The first-order valence-corrected chi connectivity index (χ1v) is 7.70. The van der Waals surface area contributed by atoms with Gasteiger partial charge < -0.3 is 19.5 Å². The van der Waals surface area contributed by atoms with Gasteiger partial charge in [-0.15, -0.1) is 6.58 Å². The lowest BCUT2D eigenvalue weighted by atomic mass is 10.1. The Morgan fingerprint density at radius 2 is 1.91 bits per heavy atom. The van der Waals surface area contributed by atoms with Crippen molar-refractivity contribution in [3.05, 3.63) is 34.8 Å². The fourth-order valence-electron chi connectivity index (χ4n) is 1.80. The minimum atomic E-state index is -0.874. The lowest BCUT2D eigenvalue weighted by molar-refractivity contribution is -0.154. The van der Waals surface area contributed by atoms with E-state index in [0.29, 0.717) is 28.1 Å². The molecule has 7 heteroatoms. The van der Waals surface area contributed by atoms with Gasteiger partial charge in [0, 0.05) is 11.0 Å². The van der Waals surface area contributed by atoms with Crippen LogP contribution in [-0.4, -0.2) is 38.7 Å². The third-order valence-electron chi connectivity index (χ3n) is 2.99. The quantitative estimate of drug-likeness (QED) is 0.548. The van der Waals surface area contributed by atoms with Gasteiger partial charge in [0.1, 0.15) is 0 Å². The predicted molar refractivity (Wildman–Crippen MR) is 89.7 cm³/mol. The molecule has 6 nitrogen and oxygen atoms in total. The van der Waals surface area contributed by atoms with Gasteiger partial charge in [0.05, 0.1) is 20.6 Å². The second kappa shape index (κ2) is 9.19. The third-order valence-corrected chi connectivity index (χ3v) is 3.72. The van der Waals surface area contributed by atoms with Gasteiger partial charge in [0.25, 0.3) is 5.91 Å². The molecule has 0 bridgehead atoms. The Labute approximate surface area is 143 Å².